The van der Waals surface area contributed by atoms with Crippen LogP contribution in [0.25, 0.3) is 11.0 Å². The van der Waals surface area contributed by atoms with Gasteiger partial charge in [0.2, 0.25) is 5.91 Å². The number of halogens is 1. The predicted octanol–water partition coefficient (Wildman–Crippen LogP) is 4.18. The Bertz CT molecular complexity index is 1090. The second-order valence-corrected chi connectivity index (χ2v) is 8.47. The number of nitrogens with zero attached hydrogens (tertiary/aromatic N) is 1. The van der Waals surface area contributed by atoms with Gasteiger partial charge >= 0.3 is 5.69 Å². The molecule has 0 saturated carbocycles. The van der Waals surface area contributed by atoms with Crippen LogP contribution in [0.1, 0.15) is 37.3 Å². The molecule has 0 bridgehead atoms. The first-order chi connectivity index (χ1) is 14.5. The maximum Gasteiger partial charge on any atom is 0.323 e. The summed E-state index contributed by atoms with van der Waals surface area (Å²) in [5.74, 6) is 0.757. The Morgan fingerprint density at radius 2 is 1.90 bits per heavy atom. The number of anilines is 1. The number of amides is 1. The standard InChI is InChI=1S/C22H25BrN4O3/c1-30-15-8-6-14(7-9-15)20-5-3-2-4-10-27(20)13-21(28)24-17-12-19-18(11-16(17)23)25-22(29)26-19/h6-9,11-12,20H,2-5,10,13H2,1H3,(H,24,28)(H2,25,26,29)/t20-/m1/s1. The van der Waals surface area contributed by atoms with Crippen LogP contribution in [0, 0.1) is 0 Å². The number of H-pyrrole nitrogens is 2. The largest absolute Gasteiger partial charge is 0.497 e. The summed E-state index contributed by atoms with van der Waals surface area (Å²) >= 11 is 3.48. The summed E-state index contributed by atoms with van der Waals surface area (Å²) in [6.07, 6.45) is 4.44. The summed E-state index contributed by atoms with van der Waals surface area (Å²) in [7, 11) is 1.66. The van der Waals surface area contributed by atoms with E-state index in [2.05, 4.69) is 48.2 Å². The first-order valence-corrected chi connectivity index (χ1v) is 10.9. The van der Waals surface area contributed by atoms with Gasteiger partial charge in [-0.05, 0) is 65.1 Å². The first-order valence-electron chi connectivity index (χ1n) is 10.1. The van der Waals surface area contributed by atoms with Gasteiger partial charge in [-0.25, -0.2) is 4.79 Å². The van der Waals surface area contributed by atoms with Crippen molar-refractivity contribution >= 4 is 38.6 Å². The molecule has 2 heterocycles. The Morgan fingerprint density at radius 1 is 1.17 bits per heavy atom. The fourth-order valence-electron chi connectivity index (χ4n) is 4.09. The van der Waals surface area contributed by atoms with Crippen molar-refractivity contribution in [2.24, 2.45) is 0 Å². The van der Waals surface area contributed by atoms with Crippen LogP contribution in [0.4, 0.5) is 5.69 Å². The van der Waals surface area contributed by atoms with Crippen LogP contribution < -0.4 is 15.7 Å². The lowest BCUT2D eigenvalue weighted by atomic mass is 10.0. The minimum atomic E-state index is -0.271. The topological polar surface area (TPSA) is 90.2 Å². The van der Waals surface area contributed by atoms with Crippen LogP contribution in [0.3, 0.4) is 0 Å². The van der Waals surface area contributed by atoms with Crippen molar-refractivity contribution in [1.29, 1.82) is 0 Å². The van der Waals surface area contributed by atoms with Gasteiger partial charge in [-0.15, -0.1) is 0 Å². The van der Waals surface area contributed by atoms with Crippen molar-refractivity contribution in [3.63, 3.8) is 0 Å². The number of rotatable bonds is 5. The molecule has 1 aromatic heterocycles. The van der Waals surface area contributed by atoms with Crippen molar-refractivity contribution in [1.82, 2.24) is 14.9 Å². The lowest BCUT2D eigenvalue weighted by molar-refractivity contribution is -0.117. The van der Waals surface area contributed by atoms with Gasteiger partial charge in [0.25, 0.3) is 0 Å². The molecule has 8 heteroatoms. The Balaban J connectivity index is 1.50. The van der Waals surface area contributed by atoms with E-state index in [4.69, 9.17) is 4.74 Å². The molecule has 0 unspecified atom stereocenters. The monoisotopic (exact) mass is 472 g/mol. The zero-order valence-corrected chi connectivity index (χ0v) is 18.4. The molecule has 1 aliphatic heterocycles. The number of carbonyl (C=O) groups excluding carboxylic acids is 1. The SMILES string of the molecule is COc1ccc([C@H]2CCCCCN2CC(=O)Nc2cc3[nH]c(=O)[nH]c3cc2Br)cc1. The zero-order valence-electron chi connectivity index (χ0n) is 16.8. The van der Waals surface area contributed by atoms with E-state index < -0.39 is 0 Å². The molecule has 3 aromatic rings. The number of carbonyl (C=O) groups is 1. The number of hydrogen-bond donors (Lipinski definition) is 3. The summed E-state index contributed by atoms with van der Waals surface area (Å²) in [5.41, 5.74) is 2.92. The van der Waals surface area contributed by atoms with Crippen LogP contribution in [0.15, 0.2) is 45.7 Å². The van der Waals surface area contributed by atoms with Crippen LogP contribution in [0.2, 0.25) is 0 Å². The molecular formula is C22H25BrN4O3. The highest BCUT2D eigenvalue weighted by molar-refractivity contribution is 9.10. The number of aromatic amines is 2. The quantitative estimate of drug-likeness (QED) is 0.519. The molecular weight excluding hydrogens is 448 g/mol. The van der Waals surface area contributed by atoms with Crippen molar-refractivity contribution in [3.05, 3.63) is 56.9 Å². The normalized spacial score (nSPS) is 17.6. The van der Waals surface area contributed by atoms with Gasteiger partial charge in [-0.3, -0.25) is 9.69 Å². The van der Waals surface area contributed by atoms with Gasteiger partial charge < -0.3 is 20.0 Å². The minimum Gasteiger partial charge on any atom is -0.497 e. The molecule has 7 nitrogen and oxygen atoms in total. The number of aromatic nitrogens is 2. The summed E-state index contributed by atoms with van der Waals surface area (Å²) in [5, 5.41) is 2.99. The highest BCUT2D eigenvalue weighted by Gasteiger charge is 2.25. The fourth-order valence-corrected chi connectivity index (χ4v) is 4.53. The molecule has 0 radical (unpaired) electrons. The molecule has 1 aliphatic rings. The van der Waals surface area contributed by atoms with Gasteiger partial charge in [0, 0.05) is 10.5 Å². The summed E-state index contributed by atoms with van der Waals surface area (Å²) < 4.78 is 6.00. The van der Waals surface area contributed by atoms with Gasteiger partial charge in [-0.2, -0.15) is 0 Å². The van der Waals surface area contributed by atoms with E-state index in [0.29, 0.717) is 23.3 Å². The van der Waals surface area contributed by atoms with Crippen molar-refractivity contribution in [2.75, 3.05) is 25.5 Å². The lowest BCUT2D eigenvalue weighted by Gasteiger charge is -2.30. The highest BCUT2D eigenvalue weighted by Crippen LogP contribution is 2.31. The van der Waals surface area contributed by atoms with Gasteiger partial charge in [0.05, 0.1) is 30.4 Å². The number of methoxy groups -OCH3 is 1. The third-order valence-corrected chi connectivity index (χ3v) is 6.24. The molecule has 30 heavy (non-hydrogen) atoms. The van der Waals surface area contributed by atoms with Gasteiger partial charge in [-0.1, -0.05) is 25.0 Å². The molecule has 0 aliphatic carbocycles. The van der Waals surface area contributed by atoms with Crippen molar-refractivity contribution < 1.29 is 9.53 Å². The third-order valence-electron chi connectivity index (χ3n) is 5.59. The maximum absolute atomic E-state index is 12.9. The van der Waals surface area contributed by atoms with Gasteiger partial charge in [0.1, 0.15) is 5.75 Å². The number of benzene rings is 2. The average Bonchev–Trinajstić information content (AvgIpc) is 2.93. The van der Waals surface area contributed by atoms with Crippen LogP contribution in [-0.4, -0.2) is 41.0 Å². The summed E-state index contributed by atoms with van der Waals surface area (Å²) in [6, 6.07) is 11.9. The lowest BCUT2D eigenvalue weighted by Crippen LogP contribution is -2.36. The molecule has 2 aromatic carbocycles. The summed E-state index contributed by atoms with van der Waals surface area (Å²) in [4.78, 5) is 32.1. The molecule has 1 saturated heterocycles. The smallest absolute Gasteiger partial charge is 0.323 e. The number of hydrogen-bond acceptors (Lipinski definition) is 4. The number of nitrogens with one attached hydrogen (secondary N) is 3. The predicted molar refractivity (Wildman–Crippen MR) is 121 cm³/mol. The second kappa shape index (κ2) is 9.06. The Hall–Kier alpha value is -2.58. The van der Waals surface area contributed by atoms with Crippen LogP contribution in [-0.2, 0) is 4.79 Å². The van der Waals surface area contributed by atoms with Gasteiger partial charge in [0.15, 0.2) is 0 Å². The molecule has 1 atom stereocenters. The fraction of sp³-hybridized carbons (Fsp3) is 0.364. The van der Waals surface area contributed by atoms with Crippen LogP contribution in [0.5, 0.6) is 5.75 Å². The molecule has 3 N–H and O–H groups in total. The third kappa shape index (κ3) is 4.60. The number of fused-ring (bicyclic) bond motifs is 1. The van der Waals surface area contributed by atoms with Crippen LogP contribution >= 0.6 is 15.9 Å². The van der Waals surface area contributed by atoms with E-state index in [-0.39, 0.29) is 17.6 Å². The molecule has 158 valence electrons. The molecule has 4 rings (SSSR count). The number of likely N-dealkylation sites (tertiary alicyclic amines) is 1. The van der Waals surface area contributed by atoms with E-state index >= 15 is 0 Å². The van der Waals surface area contributed by atoms with Crippen molar-refractivity contribution in [3.8, 4) is 5.75 Å². The van der Waals surface area contributed by atoms with E-state index in [1.807, 2.05) is 12.1 Å². The van der Waals surface area contributed by atoms with E-state index in [0.717, 1.165) is 36.0 Å². The van der Waals surface area contributed by atoms with Crippen molar-refractivity contribution in [2.45, 2.75) is 31.7 Å². The minimum absolute atomic E-state index is 0.0756. The summed E-state index contributed by atoms with van der Waals surface area (Å²) in [6.45, 7) is 1.19. The average molecular weight is 473 g/mol. The maximum atomic E-state index is 12.9. The van der Waals surface area contributed by atoms with E-state index in [1.54, 1.807) is 19.2 Å². The Morgan fingerprint density at radius 3 is 2.63 bits per heavy atom. The Labute approximate surface area is 182 Å². The van der Waals surface area contributed by atoms with E-state index in [1.165, 1.54) is 12.0 Å². The molecule has 1 amide bonds. The second-order valence-electron chi connectivity index (χ2n) is 7.61. The molecule has 1 fully saturated rings. The number of ether oxygens (including phenoxy) is 1. The molecule has 0 spiro atoms. The first kappa shape index (κ1) is 20.7. The zero-order chi connectivity index (χ0) is 21.1. The Kier molecular flexibility index (Phi) is 6.24. The van der Waals surface area contributed by atoms with E-state index in [9.17, 15) is 9.59 Å². The highest BCUT2D eigenvalue weighted by atomic mass is 79.9. The number of imidazole rings is 1.